The van der Waals surface area contributed by atoms with E-state index in [-0.39, 0.29) is 54.3 Å². The Labute approximate surface area is 323 Å². The number of hydrogen-bond donors (Lipinski definition) is 1. The zero-order chi connectivity index (χ0) is 37.0. The van der Waals surface area contributed by atoms with Crippen LogP contribution in [0.3, 0.4) is 0 Å². The zero-order valence-corrected chi connectivity index (χ0v) is 36.5. The van der Waals surface area contributed by atoms with E-state index in [1.54, 1.807) is 0 Å². The van der Waals surface area contributed by atoms with Crippen molar-refractivity contribution in [2.24, 2.45) is 17.3 Å². The van der Waals surface area contributed by atoms with Gasteiger partial charge in [-0.15, -0.1) is 29.1 Å². The number of carbonyl (C=O) groups is 1. The molecular weight excluding hydrogens is 823 g/mol. The zero-order valence-electron chi connectivity index (χ0n) is 33.1. The Morgan fingerprint density at radius 2 is 1.51 bits per heavy atom. The van der Waals surface area contributed by atoms with E-state index in [2.05, 4.69) is 115 Å². The van der Waals surface area contributed by atoms with Gasteiger partial charge in [-0.1, -0.05) is 117 Å². The average molecular weight is 883 g/mol. The fourth-order valence-corrected chi connectivity index (χ4v) is 9.30. The maximum absolute atomic E-state index is 11.7. The van der Waals surface area contributed by atoms with Crippen LogP contribution in [0.25, 0.3) is 33.2 Å². The first-order valence-electron chi connectivity index (χ1n) is 18.7. The van der Waals surface area contributed by atoms with E-state index in [9.17, 15) is 9.90 Å². The standard InChI is InChI=1S/C32H36NOSi.C13H24O2.Ir/c1-31(2,3)20-21-13-14-25-26-15-16-33-29(30(26)34-35(7,8)28(25)17-21)23-18-22-11-9-10-12-24(22)27(19-23)32(4,5)6;1-5-10(6-2)12(14)9-13(15)11(7-3)8-4;/h9-17,19H,20H2,1-8H3;9-11,14H,5-8H2,1-4H3;/q-1;;/b;12-9-;. The quantitative estimate of drug-likeness (QED) is 0.0787. The molecule has 4 aromatic rings. The van der Waals surface area contributed by atoms with Crippen LogP contribution in [0.4, 0.5) is 0 Å². The van der Waals surface area contributed by atoms with Gasteiger partial charge in [0.25, 0.3) is 8.32 Å². The Kier molecular flexibility index (Phi) is 14.3. The Balaban J connectivity index is 0.000000374. The molecule has 0 bridgehead atoms. The number of aliphatic hydroxyl groups excluding tert-OH is 1. The summed E-state index contributed by atoms with van der Waals surface area (Å²) in [5, 5.41) is 13.5. The van der Waals surface area contributed by atoms with E-state index in [0.717, 1.165) is 60.1 Å². The summed E-state index contributed by atoms with van der Waals surface area (Å²) < 4.78 is 6.91. The van der Waals surface area contributed by atoms with Gasteiger partial charge in [-0.2, -0.15) is 0 Å². The number of rotatable bonds is 9. The smallest absolute Gasteiger partial charge is 0.276 e. The molecule has 277 valence electrons. The summed E-state index contributed by atoms with van der Waals surface area (Å²) in [4.78, 5) is 16.6. The number of nitrogens with zero attached hydrogens (tertiary/aromatic N) is 1. The van der Waals surface area contributed by atoms with Crippen molar-refractivity contribution in [1.29, 1.82) is 0 Å². The predicted octanol–water partition coefficient (Wildman–Crippen LogP) is 11.9. The van der Waals surface area contributed by atoms with Gasteiger partial charge in [0.05, 0.1) is 5.76 Å². The minimum atomic E-state index is -2.19. The van der Waals surface area contributed by atoms with E-state index < -0.39 is 8.32 Å². The van der Waals surface area contributed by atoms with Crippen molar-refractivity contribution in [2.45, 2.75) is 120 Å². The monoisotopic (exact) mass is 883 g/mol. The fourth-order valence-electron chi connectivity index (χ4n) is 7.07. The molecule has 6 heteroatoms. The van der Waals surface area contributed by atoms with Crippen LogP contribution < -0.4 is 9.61 Å². The molecule has 0 spiro atoms. The van der Waals surface area contributed by atoms with Crippen molar-refractivity contribution in [1.82, 2.24) is 4.98 Å². The number of ketones is 1. The molecule has 0 saturated carbocycles. The van der Waals surface area contributed by atoms with Crippen LogP contribution in [0.15, 0.2) is 72.6 Å². The number of allylic oxidation sites excluding steroid dienone is 2. The van der Waals surface area contributed by atoms with Crippen molar-refractivity contribution >= 4 is 30.1 Å². The van der Waals surface area contributed by atoms with Crippen molar-refractivity contribution in [2.75, 3.05) is 0 Å². The number of carbonyl (C=O) groups excluding carboxylic acids is 1. The summed E-state index contributed by atoms with van der Waals surface area (Å²) in [6.45, 7) is 26.4. The van der Waals surface area contributed by atoms with Gasteiger partial charge in [0.1, 0.15) is 5.75 Å². The summed E-state index contributed by atoms with van der Waals surface area (Å²) in [5.41, 5.74) is 7.27. The summed E-state index contributed by atoms with van der Waals surface area (Å²) in [7, 11) is -2.19. The molecular formula is C45H60IrNO3Si-. The molecule has 1 radical (unpaired) electrons. The first-order chi connectivity index (χ1) is 23.4. The molecule has 1 N–H and O–H groups in total. The van der Waals surface area contributed by atoms with E-state index in [0.29, 0.717) is 0 Å². The molecule has 1 aromatic heterocycles. The van der Waals surface area contributed by atoms with Gasteiger partial charge in [0, 0.05) is 55.5 Å². The molecule has 3 aromatic carbocycles. The van der Waals surface area contributed by atoms with E-state index >= 15 is 0 Å². The van der Waals surface area contributed by atoms with Gasteiger partial charge < -0.3 is 9.53 Å². The van der Waals surface area contributed by atoms with E-state index in [4.69, 9.17) is 9.41 Å². The molecule has 0 unspecified atom stereocenters. The maximum atomic E-state index is 11.7. The van der Waals surface area contributed by atoms with Gasteiger partial charge in [0.15, 0.2) is 5.78 Å². The largest absolute Gasteiger partial charge is 0.543 e. The first-order valence-corrected chi connectivity index (χ1v) is 21.6. The molecule has 1 aliphatic rings. The fraction of sp³-hybridized carbons (Fsp3) is 0.467. The molecule has 4 nitrogen and oxygen atoms in total. The molecule has 2 heterocycles. The normalized spacial score (nSPS) is 13.9. The molecule has 5 rings (SSSR count). The molecule has 0 saturated heterocycles. The number of benzene rings is 3. The molecule has 51 heavy (non-hydrogen) atoms. The Hall–Kier alpha value is -3.05. The van der Waals surface area contributed by atoms with E-state index in [1.807, 2.05) is 33.9 Å². The second kappa shape index (κ2) is 17.2. The SMILES string of the molecule is CC(C)(C)Cc1ccc2c(c1)[Si](C)(C)Oc1c-2ccnc1-c1[c-]c2ccccc2c(C(C)(C)C)c1.CCC(CC)C(=O)/C=C(\O)C(CC)CC.[Ir]. The van der Waals surface area contributed by atoms with Crippen molar-refractivity contribution in [3.63, 3.8) is 0 Å². The number of pyridine rings is 1. The Morgan fingerprint density at radius 3 is 2.10 bits per heavy atom. The molecule has 0 fully saturated rings. The van der Waals surface area contributed by atoms with Crippen LogP contribution in [0.1, 0.15) is 106 Å². The Morgan fingerprint density at radius 1 is 0.882 bits per heavy atom. The van der Waals surface area contributed by atoms with Crippen LogP contribution >= 0.6 is 0 Å². The van der Waals surface area contributed by atoms with Crippen LogP contribution in [0.2, 0.25) is 13.1 Å². The minimum Gasteiger partial charge on any atom is -0.543 e. The third kappa shape index (κ3) is 10.1. The second-order valence-electron chi connectivity index (χ2n) is 16.7. The van der Waals surface area contributed by atoms with Crippen LogP contribution in [-0.2, 0) is 36.7 Å². The second-order valence-corrected chi connectivity index (χ2v) is 20.4. The van der Waals surface area contributed by atoms with Crippen molar-refractivity contribution in [3.8, 4) is 28.1 Å². The number of aliphatic hydroxyl groups is 1. The number of hydrogen-bond acceptors (Lipinski definition) is 4. The molecule has 0 amide bonds. The molecule has 0 atom stereocenters. The van der Waals surface area contributed by atoms with Gasteiger partial charge in [-0.25, -0.2) is 0 Å². The van der Waals surface area contributed by atoms with Crippen LogP contribution in [-0.4, -0.2) is 24.2 Å². The van der Waals surface area contributed by atoms with Gasteiger partial charge in [-0.3, -0.25) is 9.78 Å². The van der Waals surface area contributed by atoms with Crippen LogP contribution in [0.5, 0.6) is 5.75 Å². The average Bonchev–Trinajstić information content (AvgIpc) is 3.04. The minimum absolute atomic E-state index is 0. The van der Waals surface area contributed by atoms with Crippen LogP contribution in [0, 0.1) is 23.3 Å². The third-order valence-electron chi connectivity index (χ3n) is 9.94. The first kappa shape index (κ1) is 42.4. The molecule has 1 aliphatic heterocycles. The summed E-state index contributed by atoms with van der Waals surface area (Å²) in [6.07, 6.45) is 7.88. The van der Waals surface area contributed by atoms with Gasteiger partial charge >= 0.3 is 0 Å². The molecule has 0 aliphatic carbocycles. The van der Waals surface area contributed by atoms with Gasteiger partial charge in [-0.05, 0) is 78.4 Å². The van der Waals surface area contributed by atoms with E-state index in [1.165, 1.54) is 33.3 Å². The summed E-state index contributed by atoms with van der Waals surface area (Å²) in [5.74, 6) is 1.46. The van der Waals surface area contributed by atoms with Crippen molar-refractivity contribution < 1.29 is 34.4 Å². The maximum Gasteiger partial charge on any atom is 0.276 e. The summed E-state index contributed by atoms with van der Waals surface area (Å²) in [6, 6.07) is 23.6. The Bertz CT molecular complexity index is 1840. The van der Waals surface area contributed by atoms with Crippen molar-refractivity contribution in [3.05, 3.63) is 89.8 Å². The number of aromatic nitrogens is 1. The van der Waals surface area contributed by atoms with Gasteiger partial charge in [0.2, 0.25) is 0 Å². The topological polar surface area (TPSA) is 59.4 Å². The third-order valence-corrected chi connectivity index (χ3v) is 12.4. The predicted molar refractivity (Wildman–Crippen MR) is 215 cm³/mol. The number of fused-ring (bicyclic) bond motifs is 4. The summed E-state index contributed by atoms with van der Waals surface area (Å²) >= 11 is 0.